The summed E-state index contributed by atoms with van der Waals surface area (Å²) in [7, 11) is 0. The second kappa shape index (κ2) is 6.56. The fourth-order valence-corrected chi connectivity index (χ4v) is 5.42. The largest absolute Gasteiger partial charge is 0.468 e. The van der Waals surface area contributed by atoms with Gasteiger partial charge in [-0.3, -0.25) is 4.90 Å². The molecular weight excluding hydrogens is 298 g/mol. The molecule has 0 N–H and O–H groups in total. The first kappa shape index (κ1) is 15.1. The molecular formula is C17H25NO3S. The highest BCUT2D eigenvalue weighted by Crippen LogP contribution is 2.46. The molecule has 0 bridgehead atoms. The predicted octanol–water partition coefficient (Wildman–Crippen LogP) is 2.78. The number of hydrogen-bond acceptors (Lipinski definition) is 5. The van der Waals surface area contributed by atoms with Gasteiger partial charge in [0.15, 0.2) is 0 Å². The second-order valence-electron chi connectivity index (χ2n) is 6.93. The molecule has 3 aliphatic rings. The van der Waals surface area contributed by atoms with Crippen LogP contribution in [-0.2, 0) is 16.0 Å². The lowest BCUT2D eigenvalue weighted by atomic mass is 9.92. The monoisotopic (exact) mass is 323 g/mol. The Balaban J connectivity index is 1.18. The molecule has 22 heavy (non-hydrogen) atoms. The van der Waals surface area contributed by atoms with E-state index in [0.717, 1.165) is 37.9 Å². The first-order valence-corrected chi connectivity index (χ1v) is 9.38. The molecule has 0 amide bonds. The van der Waals surface area contributed by atoms with Crippen molar-refractivity contribution in [2.45, 2.75) is 36.7 Å². The van der Waals surface area contributed by atoms with Crippen molar-refractivity contribution in [3.8, 4) is 0 Å². The van der Waals surface area contributed by atoms with Crippen molar-refractivity contribution in [2.75, 3.05) is 38.7 Å². The smallest absolute Gasteiger partial charge is 0.117 e. The molecule has 0 aromatic carbocycles. The van der Waals surface area contributed by atoms with Gasteiger partial charge in [0.2, 0.25) is 0 Å². The maximum atomic E-state index is 6.20. The van der Waals surface area contributed by atoms with Crippen LogP contribution >= 0.6 is 11.8 Å². The van der Waals surface area contributed by atoms with Gasteiger partial charge in [-0.25, -0.2) is 0 Å². The van der Waals surface area contributed by atoms with Crippen LogP contribution in [0.4, 0.5) is 0 Å². The summed E-state index contributed by atoms with van der Waals surface area (Å²) in [4.78, 5) is 2.48. The summed E-state index contributed by atoms with van der Waals surface area (Å²) in [6.45, 7) is 6.06. The van der Waals surface area contributed by atoms with Crippen molar-refractivity contribution in [3.05, 3.63) is 24.2 Å². The van der Waals surface area contributed by atoms with Gasteiger partial charge in [0, 0.05) is 43.4 Å². The molecule has 122 valence electrons. The molecule has 3 fully saturated rings. The highest BCUT2D eigenvalue weighted by atomic mass is 32.2. The van der Waals surface area contributed by atoms with Crippen LogP contribution in [0.2, 0.25) is 0 Å². The molecule has 0 aliphatic carbocycles. The van der Waals surface area contributed by atoms with Gasteiger partial charge in [-0.05, 0) is 37.3 Å². The zero-order valence-electron chi connectivity index (χ0n) is 13.0. The van der Waals surface area contributed by atoms with Crippen LogP contribution in [0.1, 0.15) is 25.0 Å². The maximum absolute atomic E-state index is 6.20. The lowest BCUT2D eigenvalue weighted by Crippen LogP contribution is -2.58. The van der Waals surface area contributed by atoms with Crippen molar-refractivity contribution in [1.82, 2.24) is 4.90 Å². The summed E-state index contributed by atoms with van der Waals surface area (Å²) in [5, 5.41) is 0. The Kier molecular flexibility index (Phi) is 4.49. The molecule has 1 spiro atoms. The molecule has 4 rings (SSSR count). The van der Waals surface area contributed by atoms with Gasteiger partial charge in [-0.15, -0.1) is 11.8 Å². The SMILES string of the molecule is c1coc(CN2CC3(CC(OCC4CCOCC4)CS3)C2)c1. The number of hydrogen-bond donors (Lipinski definition) is 0. The third-order valence-electron chi connectivity index (χ3n) is 5.07. The molecule has 4 nitrogen and oxygen atoms in total. The van der Waals surface area contributed by atoms with E-state index in [1.54, 1.807) is 6.26 Å². The average Bonchev–Trinajstić information content (AvgIpc) is 3.16. The van der Waals surface area contributed by atoms with E-state index in [1.165, 1.54) is 32.4 Å². The van der Waals surface area contributed by atoms with Gasteiger partial charge in [0.25, 0.3) is 0 Å². The molecule has 3 saturated heterocycles. The first-order chi connectivity index (χ1) is 10.8. The van der Waals surface area contributed by atoms with Crippen molar-refractivity contribution in [2.24, 2.45) is 5.92 Å². The molecule has 0 radical (unpaired) electrons. The van der Waals surface area contributed by atoms with Crippen LogP contribution < -0.4 is 0 Å². The van der Waals surface area contributed by atoms with Crippen molar-refractivity contribution in [3.63, 3.8) is 0 Å². The molecule has 0 saturated carbocycles. The summed E-state index contributed by atoms with van der Waals surface area (Å²) < 4.78 is 17.5. The third kappa shape index (κ3) is 3.37. The zero-order valence-corrected chi connectivity index (χ0v) is 13.9. The quantitative estimate of drug-likeness (QED) is 0.832. The van der Waals surface area contributed by atoms with Crippen LogP contribution in [0.15, 0.2) is 22.8 Å². The third-order valence-corrected chi connectivity index (χ3v) is 6.64. The minimum absolute atomic E-state index is 0.451. The minimum atomic E-state index is 0.451. The van der Waals surface area contributed by atoms with Gasteiger partial charge in [0.1, 0.15) is 5.76 Å². The molecule has 1 unspecified atom stereocenters. The number of furan rings is 1. The first-order valence-electron chi connectivity index (χ1n) is 8.39. The summed E-state index contributed by atoms with van der Waals surface area (Å²) in [5.74, 6) is 2.95. The van der Waals surface area contributed by atoms with E-state index in [-0.39, 0.29) is 0 Å². The Labute approximate surface area is 136 Å². The van der Waals surface area contributed by atoms with Crippen LogP contribution in [0.3, 0.4) is 0 Å². The molecule has 1 aromatic heterocycles. The Morgan fingerprint density at radius 3 is 2.95 bits per heavy atom. The predicted molar refractivity (Wildman–Crippen MR) is 87.1 cm³/mol. The lowest BCUT2D eigenvalue weighted by Gasteiger charge is -2.47. The van der Waals surface area contributed by atoms with E-state index in [1.807, 2.05) is 6.07 Å². The maximum Gasteiger partial charge on any atom is 0.117 e. The van der Waals surface area contributed by atoms with E-state index in [9.17, 15) is 0 Å². The Morgan fingerprint density at radius 1 is 1.32 bits per heavy atom. The summed E-state index contributed by atoms with van der Waals surface area (Å²) in [6, 6.07) is 4.03. The molecule has 1 atom stereocenters. The summed E-state index contributed by atoms with van der Waals surface area (Å²) in [5.41, 5.74) is 0. The van der Waals surface area contributed by atoms with Gasteiger partial charge in [-0.2, -0.15) is 0 Å². The Morgan fingerprint density at radius 2 is 2.18 bits per heavy atom. The number of rotatable bonds is 5. The summed E-state index contributed by atoms with van der Waals surface area (Å²) in [6.07, 6.45) is 5.77. The van der Waals surface area contributed by atoms with Crippen molar-refractivity contribution in [1.29, 1.82) is 0 Å². The lowest BCUT2D eigenvalue weighted by molar-refractivity contribution is -0.0137. The number of thioether (sulfide) groups is 1. The van der Waals surface area contributed by atoms with Crippen LogP contribution in [0.25, 0.3) is 0 Å². The highest BCUT2D eigenvalue weighted by molar-refractivity contribution is 8.01. The number of nitrogens with zero attached hydrogens (tertiary/aromatic N) is 1. The van der Waals surface area contributed by atoms with Crippen molar-refractivity contribution >= 4 is 11.8 Å². The van der Waals surface area contributed by atoms with E-state index in [4.69, 9.17) is 13.9 Å². The van der Waals surface area contributed by atoms with Gasteiger partial charge in [-0.1, -0.05) is 0 Å². The molecule has 1 aromatic rings. The van der Waals surface area contributed by atoms with E-state index in [0.29, 0.717) is 16.8 Å². The normalized spacial score (nSPS) is 29.0. The Bertz CT molecular complexity index is 466. The van der Waals surface area contributed by atoms with Gasteiger partial charge >= 0.3 is 0 Å². The zero-order chi connectivity index (χ0) is 14.8. The van der Waals surface area contributed by atoms with E-state index >= 15 is 0 Å². The fourth-order valence-electron chi connectivity index (χ4n) is 3.82. The average molecular weight is 323 g/mol. The standard InChI is InChI=1S/C17H25NO3S/c1-2-15(20-5-1)9-18-12-17(13-18)8-16(11-22-17)21-10-14-3-6-19-7-4-14/h1-2,5,14,16H,3-4,6-13H2. The van der Waals surface area contributed by atoms with Gasteiger partial charge in [0.05, 0.1) is 18.9 Å². The van der Waals surface area contributed by atoms with Gasteiger partial charge < -0.3 is 13.9 Å². The second-order valence-corrected chi connectivity index (χ2v) is 8.42. The number of likely N-dealkylation sites (tertiary alicyclic amines) is 1. The molecule has 3 aliphatic heterocycles. The minimum Gasteiger partial charge on any atom is -0.468 e. The van der Waals surface area contributed by atoms with E-state index in [2.05, 4.69) is 22.7 Å². The topological polar surface area (TPSA) is 34.8 Å². The molecule has 4 heterocycles. The highest BCUT2D eigenvalue weighted by Gasteiger charge is 2.49. The molecule has 5 heteroatoms. The Hall–Kier alpha value is -0.490. The van der Waals surface area contributed by atoms with Crippen LogP contribution in [0.5, 0.6) is 0 Å². The fraction of sp³-hybridized carbons (Fsp3) is 0.765. The van der Waals surface area contributed by atoms with Crippen LogP contribution in [-0.4, -0.2) is 54.4 Å². The van der Waals surface area contributed by atoms with Crippen LogP contribution in [0, 0.1) is 5.92 Å². The number of ether oxygens (including phenoxy) is 2. The van der Waals surface area contributed by atoms with Crippen molar-refractivity contribution < 1.29 is 13.9 Å². The van der Waals surface area contributed by atoms with E-state index < -0.39 is 0 Å². The summed E-state index contributed by atoms with van der Waals surface area (Å²) >= 11 is 2.12.